The van der Waals surface area contributed by atoms with Gasteiger partial charge in [-0.25, -0.2) is 4.98 Å². The van der Waals surface area contributed by atoms with Crippen molar-refractivity contribution >= 4 is 28.8 Å². The highest BCUT2D eigenvalue weighted by atomic mass is 19.4. The first kappa shape index (κ1) is 19.0. The molecule has 5 nitrogen and oxygen atoms in total. The number of aromatic nitrogens is 2. The predicted octanol–water partition coefficient (Wildman–Crippen LogP) is 5.58. The van der Waals surface area contributed by atoms with Crippen LogP contribution in [-0.4, -0.2) is 23.1 Å². The van der Waals surface area contributed by atoms with Gasteiger partial charge in [0.05, 0.1) is 5.56 Å². The van der Waals surface area contributed by atoms with Gasteiger partial charge >= 0.3 is 6.18 Å². The number of rotatable bonds is 5. The van der Waals surface area contributed by atoms with E-state index in [0.29, 0.717) is 17.5 Å². The summed E-state index contributed by atoms with van der Waals surface area (Å²) < 4.78 is 38.0. The third-order valence-corrected chi connectivity index (χ3v) is 4.73. The summed E-state index contributed by atoms with van der Waals surface area (Å²) in [5, 5.41) is 6.14. The van der Waals surface area contributed by atoms with Crippen LogP contribution in [0.25, 0.3) is 0 Å². The molecule has 0 spiro atoms. The molecule has 1 saturated heterocycles. The average Bonchev–Trinajstić information content (AvgIpc) is 3.23. The summed E-state index contributed by atoms with van der Waals surface area (Å²) in [5.41, 5.74) is 1.88. The van der Waals surface area contributed by atoms with Crippen molar-refractivity contribution in [1.82, 2.24) is 9.97 Å². The van der Waals surface area contributed by atoms with E-state index in [1.54, 1.807) is 12.3 Å². The summed E-state index contributed by atoms with van der Waals surface area (Å²) in [4.78, 5) is 10.9. The highest BCUT2D eigenvalue weighted by molar-refractivity contribution is 5.62. The smallest absolute Gasteiger partial charge is 0.372 e. The molecule has 2 heterocycles. The normalized spacial score (nSPS) is 14.1. The van der Waals surface area contributed by atoms with Crippen LogP contribution in [0.3, 0.4) is 0 Å². The summed E-state index contributed by atoms with van der Waals surface area (Å²) in [5.74, 6) is 0.881. The lowest BCUT2D eigenvalue weighted by atomic mass is 10.2. The highest BCUT2D eigenvalue weighted by Gasteiger charge is 2.29. The Morgan fingerprint density at radius 3 is 2.07 bits per heavy atom. The predicted molar refractivity (Wildman–Crippen MR) is 108 cm³/mol. The van der Waals surface area contributed by atoms with Gasteiger partial charge in [0.2, 0.25) is 5.95 Å². The number of nitrogens with zero attached hydrogens (tertiary/aromatic N) is 3. The summed E-state index contributed by atoms with van der Waals surface area (Å²) in [6, 6.07) is 14.6. The number of hydrogen-bond donors (Lipinski definition) is 2. The van der Waals surface area contributed by atoms with E-state index in [9.17, 15) is 13.2 Å². The van der Waals surface area contributed by atoms with Crippen LogP contribution in [0.5, 0.6) is 0 Å². The minimum atomic E-state index is -4.35. The number of nitrogens with one attached hydrogen (secondary N) is 2. The standard InChI is InChI=1S/C21H20F3N5/c22-21(23,24)15-3-5-16(6-4-15)26-19-11-12-25-20(28-19)27-17-7-9-18(10-8-17)29-13-1-2-14-29/h3-12H,1-2,13-14H2,(H2,25,26,27,28). The molecule has 0 atom stereocenters. The summed E-state index contributed by atoms with van der Waals surface area (Å²) in [6.45, 7) is 2.18. The van der Waals surface area contributed by atoms with E-state index in [1.807, 2.05) is 12.1 Å². The van der Waals surface area contributed by atoms with E-state index in [0.717, 1.165) is 30.9 Å². The molecule has 1 fully saturated rings. The van der Waals surface area contributed by atoms with E-state index in [2.05, 4.69) is 37.6 Å². The van der Waals surface area contributed by atoms with Crippen molar-refractivity contribution in [1.29, 1.82) is 0 Å². The molecule has 150 valence electrons. The van der Waals surface area contributed by atoms with Gasteiger partial charge in [0.1, 0.15) is 5.82 Å². The van der Waals surface area contributed by atoms with Crippen molar-refractivity contribution in [2.24, 2.45) is 0 Å². The average molecular weight is 399 g/mol. The Bertz CT molecular complexity index is 949. The Hall–Kier alpha value is -3.29. The van der Waals surface area contributed by atoms with Crippen molar-refractivity contribution in [2.45, 2.75) is 19.0 Å². The van der Waals surface area contributed by atoms with Gasteiger partial charge in [-0.3, -0.25) is 0 Å². The Kier molecular flexibility index (Phi) is 5.24. The number of benzene rings is 2. The van der Waals surface area contributed by atoms with E-state index < -0.39 is 11.7 Å². The lowest BCUT2D eigenvalue weighted by Crippen LogP contribution is -2.17. The van der Waals surface area contributed by atoms with Crippen molar-refractivity contribution in [2.75, 3.05) is 28.6 Å². The lowest BCUT2D eigenvalue weighted by molar-refractivity contribution is -0.137. The van der Waals surface area contributed by atoms with Crippen LogP contribution in [0.2, 0.25) is 0 Å². The molecule has 0 unspecified atom stereocenters. The molecule has 0 aliphatic carbocycles. The molecule has 3 aromatic rings. The third-order valence-electron chi connectivity index (χ3n) is 4.73. The van der Waals surface area contributed by atoms with E-state index in [1.165, 1.54) is 30.7 Å². The zero-order valence-corrected chi connectivity index (χ0v) is 15.6. The molecule has 0 radical (unpaired) electrons. The second kappa shape index (κ2) is 7.98. The maximum Gasteiger partial charge on any atom is 0.416 e. The summed E-state index contributed by atoms with van der Waals surface area (Å²) in [6.07, 6.45) is -0.311. The van der Waals surface area contributed by atoms with Crippen LogP contribution in [0, 0.1) is 0 Å². The molecule has 1 aromatic heterocycles. The van der Waals surface area contributed by atoms with Gasteiger partial charge < -0.3 is 15.5 Å². The van der Waals surface area contributed by atoms with Crippen molar-refractivity contribution < 1.29 is 13.2 Å². The first-order valence-electron chi connectivity index (χ1n) is 9.37. The molecule has 0 bridgehead atoms. The van der Waals surface area contributed by atoms with E-state index >= 15 is 0 Å². The SMILES string of the molecule is FC(F)(F)c1ccc(Nc2ccnc(Nc3ccc(N4CCCC4)cc3)n2)cc1. The molecular formula is C21H20F3N5. The van der Waals surface area contributed by atoms with Gasteiger partial charge in [0.15, 0.2) is 0 Å². The van der Waals surface area contributed by atoms with Crippen molar-refractivity contribution in [3.63, 3.8) is 0 Å². The Morgan fingerprint density at radius 2 is 1.41 bits per heavy atom. The van der Waals surface area contributed by atoms with Crippen LogP contribution in [0.15, 0.2) is 60.8 Å². The van der Waals surface area contributed by atoms with Crippen LogP contribution >= 0.6 is 0 Å². The maximum atomic E-state index is 12.7. The van der Waals surface area contributed by atoms with Crippen LogP contribution in [-0.2, 0) is 6.18 Å². The van der Waals surface area contributed by atoms with Gasteiger partial charge in [-0.2, -0.15) is 18.2 Å². The summed E-state index contributed by atoms with van der Waals surface area (Å²) >= 11 is 0. The number of halogens is 3. The Balaban J connectivity index is 1.42. The topological polar surface area (TPSA) is 53.1 Å². The second-order valence-corrected chi connectivity index (χ2v) is 6.83. The second-order valence-electron chi connectivity index (χ2n) is 6.83. The molecule has 1 aliphatic heterocycles. The van der Waals surface area contributed by atoms with Gasteiger partial charge in [-0.15, -0.1) is 0 Å². The van der Waals surface area contributed by atoms with Gasteiger partial charge in [-0.1, -0.05) is 0 Å². The minimum absolute atomic E-state index is 0.399. The first-order chi connectivity index (χ1) is 14.0. The monoisotopic (exact) mass is 399 g/mol. The highest BCUT2D eigenvalue weighted by Crippen LogP contribution is 2.30. The van der Waals surface area contributed by atoms with Crippen LogP contribution < -0.4 is 15.5 Å². The molecule has 8 heteroatoms. The molecule has 4 rings (SSSR count). The van der Waals surface area contributed by atoms with Gasteiger partial charge in [0, 0.05) is 36.3 Å². The molecule has 0 amide bonds. The fourth-order valence-electron chi connectivity index (χ4n) is 3.24. The van der Waals surface area contributed by atoms with Gasteiger partial charge in [0.25, 0.3) is 0 Å². The molecule has 1 aliphatic rings. The summed E-state index contributed by atoms with van der Waals surface area (Å²) in [7, 11) is 0. The molecule has 2 N–H and O–H groups in total. The first-order valence-corrected chi connectivity index (χ1v) is 9.37. The fourth-order valence-corrected chi connectivity index (χ4v) is 3.24. The molecular weight excluding hydrogens is 379 g/mol. The molecule has 2 aromatic carbocycles. The Morgan fingerprint density at radius 1 is 0.793 bits per heavy atom. The molecule has 0 saturated carbocycles. The van der Waals surface area contributed by atoms with Crippen LogP contribution in [0.4, 0.5) is 42.0 Å². The third kappa shape index (κ3) is 4.77. The lowest BCUT2D eigenvalue weighted by Gasteiger charge is -2.17. The largest absolute Gasteiger partial charge is 0.416 e. The Labute approximate surface area is 166 Å². The fraction of sp³-hybridized carbons (Fsp3) is 0.238. The maximum absolute atomic E-state index is 12.7. The minimum Gasteiger partial charge on any atom is -0.372 e. The van der Waals surface area contributed by atoms with Crippen molar-refractivity contribution in [3.8, 4) is 0 Å². The zero-order chi connectivity index (χ0) is 20.3. The molecule has 29 heavy (non-hydrogen) atoms. The van der Waals surface area contributed by atoms with Crippen molar-refractivity contribution in [3.05, 3.63) is 66.4 Å². The number of alkyl halides is 3. The number of anilines is 5. The number of hydrogen-bond acceptors (Lipinski definition) is 5. The zero-order valence-electron chi connectivity index (χ0n) is 15.6. The quantitative estimate of drug-likeness (QED) is 0.586. The van der Waals surface area contributed by atoms with Crippen LogP contribution in [0.1, 0.15) is 18.4 Å². The van der Waals surface area contributed by atoms with E-state index in [4.69, 9.17) is 0 Å². The van der Waals surface area contributed by atoms with E-state index in [-0.39, 0.29) is 0 Å². The van der Waals surface area contributed by atoms with Gasteiger partial charge in [-0.05, 0) is 67.4 Å².